The van der Waals surface area contributed by atoms with Crippen LogP contribution in [0.5, 0.6) is 5.75 Å². The van der Waals surface area contributed by atoms with E-state index in [-0.39, 0.29) is 18.6 Å². The molecule has 132 valence electrons. The molecule has 2 aromatic rings. The van der Waals surface area contributed by atoms with Gasteiger partial charge < -0.3 is 14.7 Å². The van der Waals surface area contributed by atoms with Crippen LogP contribution in [0.4, 0.5) is 0 Å². The number of amides is 1. The van der Waals surface area contributed by atoms with Crippen LogP contribution in [0.3, 0.4) is 0 Å². The Bertz CT molecular complexity index is 752. The fraction of sp³-hybridized carbons (Fsp3) is 0.368. The molecule has 0 aliphatic carbocycles. The summed E-state index contributed by atoms with van der Waals surface area (Å²) in [5.41, 5.74) is -0.258. The van der Waals surface area contributed by atoms with Crippen LogP contribution < -0.4 is 4.74 Å². The van der Waals surface area contributed by atoms with Gasteiger partial charge in [-0.3, -0.25) is 9.48 Å². The van der Waals surface area contributed by atoms with Crippen LogP contribution in [0.1, 0.15) is 19.0 Å². The molecule has 1 amide bonds. The minimum atomic E-state index is -1.11. The smallest absolute Gasteiger partial charge is 0.246 e. The summed E-state index contributed by atoms with van der Waals surface area (Å²) in [4.78, 5) is 14.1. The first-order valence-electron chi connectivity index (χ1n) is 8.35. The standard InChI is InChI=1S/C19H23N3O3/c1-19(24)14-22(18(23)9-8-15-10-12-20-21(15)2)13-11-17(19)25-16-6-4-3-5-7-16/h3-10,12,17,24H,11,13-14H2,1-2H3/b9-8+/t17-,19-/m0/s1. The molecule has 1 fully saturated rings. The van der Waals surface area contributed by atoms with Gasteiger partial charge in [0.05, 0.1) is 12.2 Å². The average Bonchev–Trinajstić information content (AvgIpc) is 3.00. The lowest BCUT2D eigenvalue weighted by Crippen LogP contribution is -2.58. The maximum absolute atomic E-state index is 12.4. The van der Waals surface area contributed by atoms with Crippen LogP contribution in [0.25, 0.3) is 6.08 Å². The number of piperidine rings is 1. The Morgan fingerprint density at radius 2 is 2.12 bits per heavy atom. The quantitative estimate of drug-likeness (QED) is 0.862. The zero-order chi connectivity index (χ0) is 17.9. The number of hydrogen-bond acceptors (Lipinski definition) is 4. The first-order chi connectivity index (χ1) is 12.0. The summed E-state index contributed by atoms with van der Waals surface area (Å²) < 4.78 is 7.61. The largest absolute Gasteiger partial charge is 0.487 e. The van der Waals surface area contributed by atoms with Crippen molar-refractivity contribution in [3.8, 4) is 5.75 Å². The number of aliphatic hydroxyl groups is 1. The van der Waals surface area contributed by atoms with Crippen molar-refractivity contribution >= 4 is 12.0 Å². The number of aryl methyl sites for hydroxylation is 1. The second-order valence-corrected chi connectivity index (χ2v) is 6.54. The van der Waals surface area contributed by atoms with Crippen molar-refractivity contribution in [3.63, 3.8) is 0 Å². The van der Waals surface area contributed by atoms with Gasteiger partial charge in [0.1, 0.15) is 17.5 Å². The maximum Gasteiger partial charge on any atom is 0.246 e. The van der Waals surface area contributed by atoms with Crippen LogP contribution in [0, 0.1) is 0 Å². The van der Waals surface area contributed by atoms with Crippen LogP contribution in [-0.4, -0.2) is 50.5 Å². The van der Waals surface area contributed by atoms with Gasteiger partial charge in [-0.2, -0.15) is 5.10 Å². The molecular weight excluding hydrogens is 318 g/mol. The minimum absolute atomic E-state index is 0.125. The SMILES string of the molecule is Cn1nccc1/C=C/C(=O)N1CC[C@H](Oc2ccccc2)[C@@](C)(O)C1. The minimum Gasteiger partial charge on any atom is -0.487 e. The van der Waals surface area contributed by atoms with Gasteiger partial charge in [0.25, 0.3) is 0 Å². The van der Waals surface area contributed by atoms with E-state index >= 15 is 0 Å². The first-order valence-corrected chi connectivity index (χ1v) is 8.35. The van der Waals surface area contributed by atoms with E-state index in [9.17, 15) is 9.90 Å². The highest BCUT2D eigenvalue weighted by molar-refractivity contribution is 5.91. The molecular formula is C19H23N3O3. The van der Waals surface area contributed by atoms with E-state index in [4.69, 9.17) is 4.74 Å². The number of likely N-dealkylation sites (tertiary alicyclic amines) is 1. The molecule has 3 rings (SSSR count). The van der Waals surface area contributed by atoms with Crippen molar-refractivity contribution in [1.82, 2.24) is 14.7 Å². The number of nitrogens with zero attached hydrogens (tertiary/aromatic N) is 3. The fourth-order valence-corrected chi connectivity index (χ4v) is 3.00. The zero-order valence-electron chi connectivity index (χ0n) is 14.5. The Balaban J connectivity index is 1.62. The maximum atomic E-state index is 12.4. The van der Waals surface area contributed by atoms with Gasteiger partial charge in [0.2, 0.25) is 5.91 Å². The summed E-state index contributed by atoms with van der Waals surface area (Å²) in [5.74, 6) is 0.600. The number of hydrogen-bond donors (Lipinski definition) is 1. The molecule has 0 saturated carbocycles. The molecule has 0 spiro atoms. The van der Waals surface area contributed by atoms with Crippen LogP contribution in [0.15, 0.2) is 48.7 Å². The Morgan fingerprint density at radius 3 is 2.76 bits per heavy atom. The average molecular weight is 341 g/mol. The third-order valence-electron chi connectivity index (χ3n) is 4.45. The Labute approximate surface area is 147 Å². The second-order valence-electron chi connectivity index (χ2n) is 6.54. The number of carbonyl (C=O) groups is 1. The molecule has 0 bridgehead atoms. The lowest BCUT2D eigenvalue weighted by Gasteiger charge is -2.42. The lowest BCUT2D eigenvalue weighted by atomic mass is 9.91. The molecule has 2 atom stereocenters. The summed E-state index contributed by atoms with van der Waals surface area (Å²) in [6, 6.07) is 11.3. The van der Waals surface area contributed by atoms with E-state index in [1.807, 2.05) is 43.4 Å². The number of rotatable bonds is 4. The van der Waals surface area contributed by atoms with E-state index in [2.05, 4.69) is 5.10 Å². The van der Waals surface area contributed by atoms with E-state index < -0.39 is 5.60 Å². The monoisotopic (exact) mass is 341 g/mol. The van der Waals surface area contributed by atoms with Gasteiger partial charge in [0, 0.05) is 32.3 Å². The number of para-hydroxylation sites is 1. The molecule has 2 heterocycles. The van der Waals surface area contributed by atoms with Crippen LogP contribution in [0.2, 0.25) is 0 Å². The third-order valence-corrected chi connectivity index (χ3v) is 4.45. The predicted molar refractivity (Wildman–Crippen MR) is 94.9 cm³/mol. The Morgan fingerprint density at radius 1 is 1.36 bits per heavy atom. The summed E-state index contributed by atoms with van der Waals surface area (Å²) in [7, 11) is 1.82. The normalized spacial score (nSPS) is 23.8. The number of aromatic nitrogens is 2. The van der Waals surface area contributed by atoms with Crippen molar-refractivity contribution < 1.29 is 14.6 Å². The van der Waals surface area contributed by atoms with Crippen LogP contribution >= 0.6 is 0 Å². The van der Waals surface area contributed by atoms with Gasteiger partial charge >= 0.3 is 0 Å². The summed E-state index contributed by atoms with van der Waals surface area (Å²) >= 11 is 0. The number of carbonyl (C=O) groups excluding carboxylic acids is 1. The van der Waals surface area contributed by atoms with Crippen molar-refractivity contribution in [2.45, 2.75) is 25.0 Å². The van der Waals surface area contributed by atoms with Crippen molar-refractivity contribution in [3.05, 3.63) is 54.4 Å². The molecule has 0 radical (unpaired) electrons. The molecule has 1 N–H and O–H groups in total. The highest BCUT2D eigenvalue weighted by atomic mass is 16.5. The van der Waals surface area contributed by atoms with E-state index in [0.717, 1.165) is 11.4 Å². The molecule has 1 aromatic carbocycles. The molecule has 1 saturated heterocycles. The van der Waals surface area contributed by atoms with Crippen molar-refractivity contribution in [2.75, 3.05) is 13.1 Å². The number of β-amino-alcohol motifs (C(OH)–C–C–N with tert-alkyl or cyclic N) is 1. The van der Waals surface area contributed by atoms with E-state index in [1.165, 1.54) is 6.08 Å². The number of benzene rings is 1. The molecule has 6 nitrogen and oxygen atoms in total. The zero-order valence-corrected chi connectivity index (χ0v) is 14.5. The highest BCUT2D eigenvalue weighted by Crippen LogP contribution is 2.26. The Hall–Kier alpha value is -2.60. The van der Waals surface area contributed by atoms with E-state index in [1.54, 1.807) is 28.8 Å². The molecule has 25 heavy (non-hydrogen) atoms. The van der Waals surface area contributed by atoms with Crippen molar-refractivity contribution in [2.24, 2.45) is 7.05 Å². The number of ether oxygens (including phenoxy) is 1. The summed E-state index contributed by atoms with van der Waals surface area (Å²) in [6.07, 6.45) is 5.16. The van der Waals surface area contributed by atoms with Gasteiger partial charge in [-0.1, -0.05) is 18.2 Å². The first kappa shape index (κ1) is 17.2. The molecule has 6 heteroatoms. The molecule has 0 unspecified atom stereocenters. The summed E-state index contributed by atoms with van der Waals surface area (Å²) in [5, 5.41) is 14.8. The van der Waals surface area contributed by atoms with Gasteiger partial charge in [-0.05, 0) is 31.2 Å². The van der Waals surface area contributed by atoms with Gasteiger partial charge in [-0.25, -0.2) is 0 Å². The summed E-state index contributed by atoms with van der Waals surface area (Å²) in [6.45, 7) is 2.49. The van der Waals surface area contributed by atoms with E-state index in [0.29, 0.717) is 13.0 Å². The molecule has 1 aliphatic rings. The third kappa shape index (κ3) is 4.09. The topological polar surface area (TPSA) is 67.6 Å². The van der Waals surface area contributed by atoms with Gasteiger partial charge in [-0.15, -0.1) is 0 Å². The Kier molecular flexibility index (Phi) is 4.90. The van der Waals surface area contributed by atoms with Crippen molar-refractivity contribution in [1.29, 1.82) is 0 Å². The lowest BCUT2D eigenvalue weighted by molar-refractivity contribution is -0.140. The van der Waals surface area contributed by atoms with Crippen LogP contribution in [-0.2, 0) is 11.8 Å². The molecule has 1 aliphatic heterocycles. The predicted octanol–water partition coefficient (Wildman–Crippen LogP) is 1.86. The fourth-order valence-electron chi connectivity index (χ4n) is 3.00. The van der Waals surface area contributed by atoms with Gasteiger partial charge in [0.15, 0.2) is 0 Å². The highest BCUT2D eigenvalue weighted by Gasteiger charge is 2.40. The second kappa shape index (κ2) is 7.11. The molecule has 1 aromatic heterocycles.